The number of rotatable bonds is 9. The van der Waals surface area contributed by atoms with E-state index >= 15 is 0 Å². The Hall–Kier alpha value is -4.14. The number of carboxylic acid groups (broad SMARTS) is 2. The second-order valence-corrected chi connectivity index (χ2v) is 6.23. The Morgan fingerprint density at radius 1 is 0.875 bits per heavy atom. The van der Waals surface area contributed by atoms with E-state index in [0.29, 0.717) is 12.0 Å². The maximum absolute atomic E-state index is 11.6. The number of aromatic carboxylic acids is 2. The van der Waals surface area contributed by atoms with E-state index in [-0.39, 0.29) is 29.9 Å². The van der Waals surface area contributed by atoms with Crippen LogP contribution >= 0.6 is 0 Å². The van der Waals surface area contributed by atoms with Gasteiger partial charge in [0.2, 0.25) is 0 Å². The van der Waals surface area contributed by atoms with Crippen LogP contribution in [0.25, 0.3) is 10.8 Å². The lowest BCUT2D eigenvalue weighted by molar-refractivity contribution is -0.138. The van der Waals surface area contributed by atoms with E-state index in [1.54, 1.807) is 18.2 Å². The fourth-order valence-electron chi connectivity index (χ4n) is 2.77. The van der Waals surface area contributed by atoms with Gasteiger partial charge in [-0.25, -0.2) is 19.2 Å². The first kappa shape index (κ1) is 25.9. The highest BCUT2D eigenvalue weighted by molar-refractivity contribution is 6.12. The van der Waals surface area contributed by atoms with Crippen LogP contribution in [0, 0.1) is 0 Å². The van der Waals surface area contributed by atoms with E-state index in [2.05, 4.69) is 17.9 Å². The van der Waals surface area contributed by atoms with Crippen molar-refractivity contribution in [2.45, 2.75) is 19.8 Å². The van der Waals surface area contributed by atoms with Gasteiger partial charge in [-0.2, -0.15) is 0 Å². The van der Waals surface area contributed by atoms with Gasteiger partial charge >= 0.3 is 23.9 Å². The number of hydrogen-bond donors (Lipinski definition) is 3. The highest BCUT2D eigenvalue weighted by atomic mass is 16.5. The third kappa shape index (κ3) is 6.69. The number of carboxylic acids is 2. The fraction of sp³-hybridized carbons (Fsp3) is 0.217. The lowest BCUT2D eigenvalue weighted by Gasteiger charge is -2.15. The number of carbonyl (C=O) groups is 4. The molecule has 0 aliphatic heterocycles. The molecule has 0 amide bonds. The van der Waals surface area contributed by atoms with Crippen LogP contribution in [0.5, 0.6) is 5.75 Å². The van der Waals surface area contributed by atoms with Crippen molar-refractivity contribution in [2.75, 3.05) is 13.2 Å². The molecule has 0 radical (unpaired) electrons. The zero-order chi connectivity index (χ0) is 24.3. The molecule has 0 aromatic heterocycles. The largest absolute Gasteiger partial charge is 0.506 e. The molecule has 32 heavy (non-hydrogen) atoms. The van der Waals surface area contributed by atoms with Gasteiger partial charge in [-0.05, 0) is 17.4 Å². The maximum atomic E-state index is 11.6. The van der Waals surface area contributed by atoms with Crippen molar-refractivity contribution in [3.8, 4) is 5.75 Å². The van der Waals surface area contributed by atoms with Gasteiger partial charge in [-0.15, -0.1) is 0 Å². The number of phenols is 1. The molecule has 0 saturated heterocycles. The quantitative estimate of drug-likeness (QED) is 0.391. The highest BCUT2D eigenvalue weighted by Crippen LogP contribution is 2.36. The molecule has 9 nitrogen and oxygen atoms in total. The van der Waals surface area contributed by atoms with Crippen LogP contribution in [0.15, 0.2) is 49.6 Å². The van der Waals surface area contributed by atoms with Crippen molar-refractivity contribution >= 4 is 34.6 Å². The second kappa shape index (κ2) is 12.5. The van der Waals surface area contributed by atoms with E-state index in [1.807, 2.05) is 6.92 Å². The first-order chi connectivity index (χ1) is 15.2. The molecule has 170 valence electrons. The summed E-state index contributed by atoms with van der Waals surface area (Å²) < 4.78 is 9.43. The number of esters is 2. The van der Waals surface area contributed by atoms with Crippen LogP contribution in [0.1, 0.15) is 39.6 Å². The molecule has 3 N–H and O–H groups in total. The molecule has 0 saturated carbocycles. The summed E-state index contributed by atoms with van der Waals surface area (Å²) in [6.07, 6.45) is 2.97. The van der Waals surface area contributed by atoms with Gasteiger partial charge in [0, 0.05) is 24.0 Å². The van der Waals surface area contributed by atoms with Crippen LogP contribution in [0.4, 0.5) is 0 Å². The minimum atomic E-state index is -1.56. The average molecular weight is 444 g/mol. The van der Waals surface area contributed by atoms with Crippen molar-refractivity contribution in [1.29, 1.82) is 0 Å². The van der Waals surface area contributed by atoms with Gasteiger partial charge in [0.1, 0.15) is 11.3 Å². The molecule has 0 fully saturated rings. The van der Waals surface area contributed by atoms with Gasteiger partial charge in [0.05, 0.1) is 18.8 Å². The van der Waals surface area contributed by atoms with Crippen LogP contribution in [-0.2, 0) is 25.5 Å². The molecule has 0 bridgehead atoms. The van der Waals surface area contributed by atoms with Gasteiger partial charge in [-0.3, -0.25) is 0 Å². The summed E-state index contributed by atoms with van der Waals surface area (Å²) in [6.45, 7) is 8.77. The third-order valence-corrected chi connectivity index (χ3v) is 4.10. The molecular weight excluding hydrogens is 420 g/mol. The van der Waals surface area contributed by atoms with E-state index in [0.717, 1.165) is 18.6 Å². The molecule has 0 atom stereocenters. The number of fused-ring (bicyclic) bond motifs is 1. The van der Waals surface area contributed by atoms with Gasteiger partial charge in [0.25, 0.3) is 0 Å². The average Bonchev–Trinajstić information content (AvgIpc) is 2.78. The van der Waals surface area contributed by atoms with Crippen LogP contribution in [-0.4, -0.2) is 52.4 Å². The molecule has 0 aliphatic rings. The number of aromatic hydroxyl groups is 1. The summed E-state index contributed by atoms with van der Waals surface area (Å²) >= 11 is 0. The first-order valence-electron chi connectivity index (χ1n) is 9.50. The van der Waals surface area contributed by atoms with Crippen LogP contribution in [0.2, 0.25) is 0 Å². The topological polar surface area (TPSA) is 147 Å². The van der Waals surface area contributed by atoms with Crippen LogP contribution in [0.3, 0.4) is 0 Å². The Bertz CT molecular complexity index is 1040. The first-order valence-corrected chi connectivity index (χ1v) is 9.50. The maximum Gasteiger partial charge on any atom is 0.340 e. The third-order valence-electron chi connectivity index (χ3n) is 4.10. The molecule has 2 aromatic carbocycles. The Balaban J connectivity index is 0.000000547. The Labute approximate surface area is 184 Å². The lowest BCUT2D eigenvalue weighted by atomic mass is 9.91. The molecule has 0 aliphatic carbocycles. The van der Waals surface area contributed by atoms with Crippen molar-refractivity contribution in [3.05, 3.63) is 66.3 Å². The predicted octanol–water partition coefficient (Wildman–Crippen LogP) is 3.34. The van der Waals surface area contributed by atoms with Crippen LogP contribution < -0.4 is 0 Å². The van der Waals surface area contributed by atoms with Gasteiger partial charge in [0.15, 0.2) is 0 Å². The molecule has 0 unspecified atom stereocenters. The lowest BCUT2D eigenvalue weighted by Crippen LogP contribution is -2.15. The van der Waals surface area contributed by atoms with Crippen molar-refractivity contribution in [1.82, 2.24) is 0 Å². The molecule has 2 aromatic rings. The molecule has 0 heterocycles. The zero-order valence-corrected chi connectivity index (χ0v) is 17.5. The molecule has 9 heteroatoms. The zero-order valence-electron chi connectivity index (χ0n) is 17.5. The summed E-state index contributed by atoms with van der Waals surface area (Å²) in [6, 6.07) is 6.28. The Morgan fingerprint density at radius 3 is 1.84 bits per heavy atom. The molecular formula is C23H24O9. The number of benzene rings is 2. The molecule has 0 spiro atoms. The summed E-state index contributed by atoms with van der Waals surface area (Å²) in [5.41, 5.74) is -1.04. The minimum Gasteiger partial charge on any atom is -0.506 e. The normalized spacial score (nSPS) is 9.78. The van der Waals surface area contributed by atoms with E-state index < -0.39 is 34.8 Å². The van der Waals surface area contributed by atoms with Gasteiger partial charge in [-0.1, -0.05) is 44.3 Å². The fourth-order valence-corrected chi connectivity index (χ4v) is 2.77. The van der Waals surface area contributed by atoms with E-state index in [9.17, 15) is 34.5 Å². The number of ether oxygens (including phenoxy) is 2. The van der Waals surface area contributed by atoms with E-state index in [4.69, 9.17) is 4.74 Å². The summed E-state index contributed by atoms with van der Waals surface area (Å²) in [5, 5.41) is 29.5. The number of carbonyl (C=O) groups excluding carboxylic acids is 2. The van der Waals surface area contributed by atoms with Gasteiger partial charge < -0.3 is 24.8 Å². The highest BCUT2D eigenvalue weighted by Gasteiger charge is 2.27. The Kier molecular flexibility index (Phi) is 10.1. The smallest absolute Gasteiger partial charge is 0.340 e. The van der Waals surface area contributed by atoms with Crippen molar-refractivity contribution < 1.29 is 44.0 Å². The summed E-state index contributed by atoms with van der Waals surface area (Å²) in [4.78, 5) is 44.4. The van der Waals surface area contributed by atoms with Crippen molar-refractivity contribution in [3.63, 3.8) is 0 Å². The molecule has 2 rings (SSSR count). The second-order valence-electron chi connectivity index (χ2n) is 6.23. The predicted molar refractivity (Wildman–Crippen MR) is 116 cm³/mol. The monoisotopic (exact) mass is 444 g/mol. The minimum absolute atomic E-state index is 0.0255. The SMILES string of the molecule is C=CC(=O)OCCC.C=CC(=O)OCCc1c(C(=O)O)c(C(=O)O)c(O)c2ccccc12. The van der Waals surface area contributed by atoms with E-state index in [1.165, 1.54) is 6.07 Å². The number of hydrogen-bond acceptors (Lipinski definition) is 7. The van der Waals surface area contributed by atoms with Crippen molar-refractivity contribution in [2.24, 2.45) is 0 Å². The summed E-state index contributed by atoms with van der Waals surface area (Å²) in [5.74, 6) is -4.67. The Morgan fingerprint density at radius 2 is 1.38 bits per heavy atom. The summed E-state index contributed by atoms with van der Waals surface area (Å²) in [7, 11) is 0. The standard InChI is InChI=1S/C17H14O7.C6H10O2/c1-2-12(18)24-8-7-10-9-5-3-4-6-11(9)15(19)14(17(22)23)13(10)16(20)21;1-3-5-8-6(7)4-2/h2-6,19H,1,7-8H2,(H,20,21)(H,22,23);4H,2-3,5H2,1H3.